The first-order valence-corrected chi connectivity index (χ1v) is 18.4. The van der Waals surface area contributed by atoms with Gasteiger partial charge in [-0.05, 0) is 36.4 Å². The average molecular weight is 800 g/mol. The summed E-state index contributed by atoms with van der Waals surface area (Å²) in [4.78, 5) is 0.0896. The second kappa shape index (κ2) is 17.9. The number of halogens is 6. The third kappa shape index (κ3) is 11.6. The molecule has 52 heavy (non-hydrogen) atoms. The zero-order valence-corrected chi connectivity index (χ0v) is 31.1. The molecule has 0 atom stereocenters. The van der Waals surface area contributed by atoms with Crippen LogP contribution in [-0.2, 0) is 38.7 Å². The van der Waals surface area contributed by atoms with Crippen molar-refractivity contribution in [2.75, 3.05) is 18.5 Å². The largest absolute Gasteiger partial charge is 0.726 e. The summed E-state index contributed by atoms with van der Waals surface area (Å²) < 4.78 is 101. The molecular formula is C34H32BCl2F4N3O6S2. The Labute approximate surface area is 309 Å². The fourth-order valence-corrected chi connectivity index (χ4v) is 6.87. The van der Waals surface area contributed by atoms with Crippen LogP contribution in [0.1, 0.15) is 0 Å². The first-order chi connectivity index (χ1) is 24.3. The summed E-state index contributed by atoms with van der Waals surface area (Å²) >= 11 is 12.8. The van der Waals surface area contributed by atoms with E-state index in [9.17, 15) is 38.7 Å². The molecule has 0 spiro atoms. The van der Waals surface area contributed by atoms with Gasteiger partial charge in [-0.1, -0.05) is 83.9 Å². The zero-order chi connectivity index (χ0) is 38.9. The van der Waals surface area contributed by atoms with E-state index in [0.29, 0.717) is 11.1 Å². The Morgan fingerprint density at radius 2 is 1.17 bits per heavy atom. The third-order valence-electron chi connectivity index (χ3n) is 7.23. The van der Waals surface area contributed by atoms with Gasteiger partial charge in [0.25, 0.3) is 10.0 Å². The molecule has 0 fully saturated rings. The second-order valence-electron chi connectivity index (χ2n) is 10.6. The molecule has 4 aromatic carbocycles. The molecule has 6 aromatic rings. The summed E-state index contributed by atoms with van der Waals surface area (Å²) in [7, 11) is -7.96. The Hall–Kier alpha value is -4.32. The molecule has 2 aromatic heterocycles. The van der Waals surface area contributed by atoms with Crippen molar-refractivity contribution in [1.82, 2.24) is 0 Å². The lowest BCUT2D eigenvalue weighted by atomic mass is 10.1. The lowest BCUT2D eigenvalue weighted by molar-refractivity contribution is -0.646. The molecule has 276 valence electrons. The van der Waals surface area contributed by atoms with Crippen molar-refractivity contribution in [3.8, 4) is 11.3 Å². The fourth-order valence-electron chi connectivity index (χ4n) is 4.78. The molecule has 0 aliphatic rings. The standard InChI is InChI=1S/C17H16ClN2O2S.C16H13ClN.CH4O4S.BF4/c1-19-12-16(17(18)14-10-6-7-11-15(14)19)23(21,22)20(2)13-8-4-3-5-9-13;1-18-15-10-6-5-9-13(15)14(17)11-16(18)12-7-3-2-4-8-12;1-5-6(2,3)4;2-1(3,4)5/h3-12H,1-2H3;2-11H,1H3;1H3,(H,2,3,4);/q2*+1;;-1/p-1. The van der Waals surface area contributed by atoms with Crippen LogP contribution in [0.3, 0.4) is 0 Å². The van der Waals surface area contributed by atoms with Crippen molar-refractivity contribution in [2.45, 2.75) is 4.90 Å². The molecule has 0 aliphatic carbocycles. The van der Waals surface area contributed by atoms with Crippen LogP contribution in [-0.4, -0.2) is 42.8 Å². The molecule has 0 saturated carbocycles. The Morgan fingerprint density at radius 1 is 0.731 bits per heavy atom. The maximum atomic E-state index is 13.0. The minimum Gasteiger partial charge on any atom is -0.726 e. The van der Waals surface area contributed by atoms with Crippen LogP contribution < -0.4 is 13.4 Å². The Morgan fingerprint density at radius 3 is 1.69 bits per heavy atom. The Kier molecular flexibility index (Phi) is 14.5. The predicted molar refractivity (Wildman–Crippen MR) is 195 cm³/mol. The summed E-state index contributed by atoms with van der Waals surface area (Å²) in [6.45, 7) is 0. The number of para-hydroxylation sites is 3. The van der Waals surface area contributed by atoms with E-state index in [2.05, 4.69) is 34.0 Å². The normalized spacial score (nSPS) is 11.4. The monoisotopic (exact) mass is 799 g/mol. The van der Waals surface area contributed by atoms with Gasteiger partial charge in [0.15, 0.2) is 11.1 Å². The van der Waals surface area contributed by atoms with Crippen molar-refractivity contribution in [1.29, 1.82) is 0 Å². The number of hydrogen-bond acceptors (Lipinski definition) is 6. The van der Waals surface area contributed by atoms with Gasteiger partial charge in [-0.3, -0.25) is 8.49 Å². The predicted octanol–water partition coefficient (Wildman–Crippen LogP) is 7.52. The first kappa shape index (κ1) is 42.1. The van der Waals surface area contributed by atoms with Crippen LogP contribution in [0, 0.1) is 0 Å². The second-order valence-corrected chi connectivity index (χ2v) is 14.5. The quantitative estimate of drug-likeness (QED) is 0.0587. The van der Waals surface area contributed by atoms with Gasteiger partial charge in [-0.25, -0.2) is 16.8 Å². The first-order valence-electron chi connectivity index (χ1n) is 14.9. The fraction of sp³-hybridized carbons (Fsp3) is 0.118. The maximum absolute atomic E-state index is 13.0. The van der Waals surface area contributed by atoms with E-state index in [4.69, 9.17) is 23.2 Å². The highest BCUT2D eigenvalue weighted by Gasteiger charge is 2.29. The van der Waals surface area contributed by atoms with Crippen molar-refractivity contribution in [2.24, 2.45) is 14.1 Å². The van der Waals surface area contributed by atoms with E-state index in [0.717, 1.165) is 34.2 Å². The molecule has 0 N–H and O–H groups in total. The maximum Gasteiger partial charge on any atom is 0.673 e. The number of aromatic nitrogens is 2. The molecule has 0 saturated heterocycles. The van der Waals surface area contributed by atoms with Crippen LogP contribution >= 0.6 is 23.2 Å². The third-order valence-corrected chi connectivity index (χ3v) is 10.3. The van der Waals surface area contributed by atoms with E-state index < -0.39 is 27.7 Å². The topological polar surface area (TPSA) is 112 Å². The van der Waals surface area contributed by atoms with Crippen LogP contribution in [0.15, 0.2) is 126 Å². The van der Waals surface area contributed by atoms with Crippen molar-refractivity contribution < 1.29 is 52.0 Å². The number of aryl methyl sites for hydroxylation is 2. The number of rotatable bonds is 5. The van der Waals surface area contributed by atoms with Gasteiger partial charge in [0, 0.05) is 30.8 Å². The summed E-state index contributed by atoms with van der Waals surface area (Å²) in [5.74, 6) is 0. The van der Waals surface area contributed by atoms with Gasteiger partial charge in [-0.15, -0.1) is 0 Å². The van der Waals surface area contributed by atoms with Crippen molar-refractivity contribution >= 4 is 78.4 Å². The minimum atomic E-state index is -6.00. The van der Waals surface area contributed by atoms with Gasteiger partial charge in [0.05, 0.1) is 33.6 Å². The molecule has 0 aliphatic heterocycles. The molecule has 2 heterocycles. The summed E-state index contributed by atoms with van der Waals surface area (Å²) in [5.41, 5.74) is 4.90. The van der Waals surface area contributed by atoms with Gasteiger partial charge < -0.3 is 21.8 Å². The molecule has 18 heteroatoms. The van der Waals surface area contributed by atoms with Crippen LogP contribution in [0.25, 0.3) is 33.1 Å². The molecule has 6 rings (SSSR count). The lowest BCUT2D eigenvalue weighted by Gasteiger charge is -2.19. The highest BCUT2D eigenvalue weighted by molar-refractivity contribution is 7.93. The van der Waals surface area contributed by atoms with E-state index >= 15 is 0 Å². The van der Waals surface area contributed by atoms with Gasteiger partial charge in [0.2, 0.25) is 27.1 Å². The smallest absolute Gasteiger partial charge is 0.673 e. The number of pyridine rings is 2. The number of nitrogens with zero attached hydrogens (tertiary/aromatic N) is 3. The molecule has 0 radical (unpaired) electrons. The number of sulfonamides is 1. The summed E-state index contributed by atoms with van der Waals surface area (Å²) in [6.07, 6.45) is 1.56. The average Bonchev–Trinajstić information content (AvgIpc) is 3.11. The van der Waals surface area contributed by atoms with E-state index in [-0.39, 0.29) is 9.92 Å². The Balaban J connectivity index is 0.000000222. The molecular weight excluding hydrogens is 768 g/mol. The molecule has 0 unspecified atom stereocenters. The highest BCUT2D eigenvalue weighted by Crippen LogP contribution is 2.31. The molecule has 0 amide bonds. The van der Waals surface area contributed by atoms with Gasteiger partial charge in [0.1, 0.15) is 14.1 Å². The number of hydrogen-bond donors (Lipinski definition) is 0. The number of anilines is 1. The highest BCUT2D eigenvalue weighted by atomic mass is 35.5. The molecule has 9 nitrogen and oxygen atoms in total. The van der Waals surface area contributed by atoms with E-state index in [1.54, 1.807) is 42.1 Å². The SMILES string of the molecule is CN(c1ccccc1)S(=O)(=O)c1c[n+](C)c2ccccc2c1Cl.COS(=O)(=O)[O-].C[n+]1c(-c2ccccc2)cc(Cl)c2ccccc21.F[B-](F)(F)F. The van der Waals surface area contributed by atoms with Gasteiger partial charge >= 0.3 is 7.25 Å². The van der Waals surface area contributed by atoms with Crippen LogP contribution in [0.5, 0.6) is 0 Å². The summed E-state index contributed by atoms with van der Waals surface area (Å²) in [6, 6.07) is 36.9. The Bertz CT molecular complexity index is 2360. The van der Waals surface area contributed by atoms with Crippen LogP contribution in [0.2, 0.25) is 10.0 Å². The number of benzene rings is 4. The lowest BCUT2D eigenvalue weighted by Crippen LogP contribution is -2.33. The van der Waals surface area contributed by atoms with Crippen molar-refractivity contribution in [3.05, 3.63) is 132 Å². The van der Waals surface area contributed by atoms with Gasteiger partial charge in [-0.2, -0.15) is 9.13 Å². The van der Waals surface area contributed by atoms with Crippen molar-refractivity contribution in [3.63, 3.8) is 0 Å². The van der Waals surface area contributed by atoms with Crippen LogP contribution in [0.4, 0.5) is 23.0 Å². The number of fused-ring (bicyclic) bond motifs is 2. The minimum absolute atomic E-state index is 0.0896. The van der Waals surface area contributed by atoms with E-state index in [1.165, 1.54) is 16.9 Å². The summed E-state index contributed by atoms with van der Waals surface area (Å²) in [5, 5.41) is 2.82. The van der Waals surface area contributed by atoms with E-state index in [1.807, 2.05) is 72.8 Å². The molecule has 0 bridgehead atoms. The zero-order valence-electron chi connectivity index (χ0n) is 28.0.